The number of nitrogens with one attached hydrogen (secondary N) is 1. The van der Waals surface area contributed by atoms with E-state index in [9.17, 15) is 9.59 Å². The Hall–Kier alpha value is -2.35. The minimum atomic E-state index is -0.582. The van der Waals surface area contributed by atoms with Crippen LogP contribution >= 0.6 is 0 Å². The largest absolute Gasteiger partial charge is 0.328 e. The quantitative estimate of drug-likeness (QED) is 0.741. The van der Waals surface area contributed by atoms with Crippen molar-refractivity contribution in [1.82, 2.24) is 10.2 Å². The maximum absolute atomic E-state index is 12.7. The minimum Gasteiger partial charge on any atom is -0.328 e. The van der Waals surface area contributed by atoms with Gasteiger partial charge in [0, 0.05) is 18.7 Å². The first-order valence-electron chi connectivity index (χ1n) is 8.54. The number of amides is 2. The summed E-state index contributed by atoms with van der Waals surface area (Å²) >= 11 is 0. The summed E-state index contributed by atoms with van der Waals surface area (Å²) in [5.41, 5.74) is 1.01. The van der Waals surface area contributed by atoms with Gasteiger partial charge in [0.05, 0.1) is 17.7 Å². The van der Waals surface area contributed by atoms with E-state index in [4.69, 9.17) is 5.26 Å². The van der Waals surface area contributed by atoms with E-state index in [1.54, 1.807) is 29.2 Å². The topological polar surface area (TPSA) is 73.2 Å². The van der Waals surface area contributed by atoms with E-state index in [1.807, 2.05) is 33.8 Å². The van der Waals surface area contributed by atoms with Crippen LogP contribution in [0.15, 0.2) is 24.3 Å². The van der Waals surface area contributed by atoms with E-state index in [0.29, 0.717) is 24.2 Å². The molecule has 5 nitrogen and oxygen atoms in total. The van der Waals surface area contributed by atoms with Gasteiger partial charge in [-0.25, -0.2) is 4.79 Å². The second-order valence-corrected chi connectivity index (χ2v) is 6.21. The number of hydrogen-bond donors (Lipinski definition) is 1. The molecule has 0 saturated carbocycles. The lowest BCUT2D eigenvalue weighted by Crippen LogP contribution is -2.50. The SMILES string of the molecule is CCCN(CCC)C(=O)NC(C(=O)c1ccc(C#N)cc1)C(C)C. The monoisotopic (exact) mass is 329 g/mol. The van der Waals surface area contributed by atoms with Crippen LogP contribution < -0.4 is 5.32 Å². The van der Waals surface area contributed by atoms with Crippen LogP contribution in [0.1, 0.15) is 56.5 Å². The van der Waals surface area contributed by atoms with Crippen molar-refractivity contribution in [3.8, 4) is 6.07 Å². The molecule has 5 heteroatoms. The molecular weight excluding hydrogens is 302 g/mol. The van der Waals surface area contributed by atoms with Crippen LogP contribution in [0.2, 0.25) is 0 Å². The number of ketones is 1. The van der Waals surface area contributed by atoms with Crippen molar-refractivity contribution >= 4 is 11.8 Å². The lowest BCUT2D eigenvalue weighted by atomic mass is 9.94. The lowest BCUT2D eigenvalue weighted by Gasteiger charge is -2.27. The second kappa shape index (κ2) is 9.71. The molecule has 0 aliphatic rings. The van der Waals surface area contributed by atoms with Crippen molar-refractivity contribution in [2.24, 2.45) is 5.92 Å². The molecule has 1 aromatic rings. The summed E-state index contributed by atoms with van der Waals surface area (Å²) in [6.07, 6.45) is 1.76. The first-order valence-corrected chi connectivity index (χ1v) is 8.54. The van der Waals surface area contributed by atoms with E-state index in [1.165, 1.54) is 0 Å². The average molecular weight is 329 g/mol. The van der Waals surface area contributed by atoms with E-state index < -0.39 is 6.04 Å². The van der Waals surface area contributed by atoms with Crippen LogP contribution in [0.3, 0.4) is 0 Å². The number of nitrogens with zero attached hydrogens (tertiary/aromatic N) is 2. The third-order valence-electron chi connectivity index (χ3n) is 3.80. The van der Waals surface area contributed by atoms with Crippen molar-refractivity contribution in [1.29, 1.82) is 5.26 Å². The molecule has 1 rings (SSSR count). The summed E-state index contributed by atoms with van der Waals surface area (Å²) in [6, 6.07) is 7.77. The van der Waals surface area contributed by atoms with Crippen LogP contribution in [0.25, 0.3) is 0 Å². The molecule has 0 aliphatic carbocycles. The third kappa shape index (κ3) is 5.38. The van der Waals surface area contributed by atoms with Gasteiger partial charge in [-0.3, -0.25) is 4.79 Å². The smallest absolute Gasteiger partial charge is 0.317 e. The molecule has 0 aliphatic heterocycles. The molecule has 1 atom stereocenters. The fraction of sp³-hybridized carbons (Fsp3) is 0.526. The number of carbonyl (C=O) groups excluding carboxylic acids is 2. The van der Waals surface area contributed by atoms with E-state index >= 15 is 0 Å². The number of urea groups is 1. The summed E-state index contributed by atoms with van der Waals surface area (Å²) < 4.78 is 0. The van der Waals surface area contributed by atoms with Gasteiger partial charge >= 0.3 is 6.03 Å². The minimum absolute atomic E-state index is 0.0257. The molecule has 0 bridgehead atoms. The molecule has 130 valence electrons. The zero-order valence-electron chi connectivity index (χ0n) is 15.0. The molecule has 1 N–H and O–H groups in total. The van der Waals surface area contributed by atoms with E-state index in [0.717, 1.165) is 12.8 Å². The van der Waals surface area contributed by atoms with Crippen LogP contribution in [-0.4, -0.2) is 35.8 Å². The molecule has 0 radical (unpaired) electrons. The summed E-state index contributed by atoms with van der Waals surface area (Å²) in [6.45, 7) is 9.23. The van der Waals surface area contributed by atoms with Gasteiger partial charge in [0.25, 0.3) is 0 Å². The van der Waals surface area contributed by atoms with Gasteiger partial charge in [-0.15, -0.1) is 0 Å². The molecule has 24 heavy (non-hydrogen) atoms. The predicted molar refractivity (Wildman–Crippen MR) is 94.8 cm³/mol. The Kier molecular flexibility index (Phi) is 7.97. The van der Waals surface area contributed by atoms with Gasteiger partial charge in [0.1, 0.15) is 0 Å². The van der Waals surface area contributed by atoms with Crippen molar-refractivity contribution < 1.29 is 9.59 Å². The Labute approximate surface area is 144 Å². The number of rotatable bonds is 8. The van der Waals surface area contributed by atoms with Crippen molar-refractivity contribution in [3.05, 3.63) is 35.4 Å². The Morgan fingerprint density at radius 1 is 1.12 bits per heavy atom. The van der Waals surface area contributed by atoms with E-state index in [2.05, 4.69) is 5.32 Å². The average Bonchev–Trinajstić information content (AvgIpc) is 2.58. The van der Waals surface area contributed by atoms with Crippen molar-refractivity contribution in [2.45, 2.75) is 46.6 Å². The highest BCUT2D eigenvalue weighted by Gasteiger charge is 2.27. The van der Waals surface area contributed by atoms with Gasteiger partial charge in [0.15, 0.2) is 5.78 Å². The summed E-state index contributed by atoms with van der Waals surface area (Å²) in [7, 11) is 0. The Bertz CT molecular complexity index is 582. The highest BCUT2D eigenvalue weighted by molar-refractivity contribution is 6.02. The maximum atomic E-state index is 12.7. The second-order valence-electron chi connectivity index (χ2n) is 6.21. The molecule has 1 aromatic carbocycles. The standard InChI is InChI=1S/C19H27N3O2/c1-5-11-22(12-6-2)19(24)21-17(14(3)4)18(23)16-9-7-15(13-20)8-10-16/h7-10,14,17H,5-6,11-12H2,1-4H3,(H,21,24). The summed E-state index contributed by atoms with van der Waals surface area (Å²) in [4.78, 5) is 27.0. The van der Waals surface area contributed by atoms with E-state index in [-0.39, 0.29) is 17.7 Å². The fourth-order valence-electron chi connectivity index (χ4n) is 2.50. The lowest BCUT2D eigenvalue weighted by molar-refractivity contribution is 0.0913. The van der Waals surface area contributed by atoms with Gasteiger partial charge in [-0.1, -0.05) is 39.8 Å². The number of nitriles is 1. The molecule has 1 unspecified atom stereocenters. The van der Waals surface area contributed by atoms with Crippen LogP contribution in [0, 0.1) is 17.2 Å². The molecule has 0 fully saturated rings. The number of benzene rings is 1. The fourth-order valence-corrected chi connectivity index (χ4v) is 2.50. The highest BCUT2D eigenvalue weighted by Crippen LogP contribution is 2.13. The van der Waals surface area contributed by atoms with Crippen LogP contribution in [-0.2, 0) is 0 Å². The number of carbonyl (C=O) groups is 2. The molecule has 2 amide bonds. The zero-order chi connectivity index (χ0) is 18.1. The number of Topliss-reactive ketones (excluding diaryl/α,β-unsaturated/α-hetero) is 1. The summed E-state index contributed by atoms with van der Waals surface area (Å²) in [5, 5.41) is 11.7. The number of hydrogen-bond acceptors (Lipinski definition) is 3. The van der Waals surface area contributed by atoms with Crippen molar-refractivity contribution in [2.75, 3.05) is 13.1 Å². The molecule has 0 saturated heterocycles. The maximum Gasteiger partial charge on any atom is 0.317 e. The van der Waals surface area contributed by atoms with Gasteiger partial charge in [-0.2, -0.15) is 5.26 Å². The third-order valence-corrected chi connectivity index (χ3v) is 3.80. The normalized spacial score (nSPS) is 11.7. The zero-order valence-corrected chi connectivity index (χ0v) is 15.0. The molecular formula is C19H27N3O2. The summed E-state index contributed by atoms with van der Waals surface area (Å²) in [5.74, 6) is -0.155. The highest BCUT2D eigenvalue weighted by atomic mass is 16.2. The Morgan fingerprint density at radius 3 is 2.08 bits per heavy atom. The van der Waals surface area contributed by atoms with Gasteiger partial charge < -0.3 is 10.2 Å². The van der Waals surface area contributed by atoms with Gasteiger partial charge in [0.2, 0.25) is 0 Å². The molecule has 0 heterocycles. The Morgan fingerprint density at radius 2 is 1.67 bits per heavy atom. The van der Waals surface area contributed by atoms with Gasteiger partial charge in [-0.05, 0) is 30.9 Å². The molecule has 0 aromatic heterocycles. The van der Waals surface area contributed by atoms with Crippen LogP contribution in [0.4, 0.5) is 4.79 Å². The first kappa shape index (κ1) is 19.7. The van der Waals surface area contributed by atoms with Crippen molar-refractivity contribution in [3.63, 3.8) is 0 Å². The Balaban J connectivity index is 2.90. The van der Waals surface area contributed by atoms with Crippen LogP contribution in [0.5, 0.6) is 0 Å². The molecule has 0 spiro atoms. The first-order chi connectivity index (χ1) is 11.4. The predicted octanol–water partition coefficient (Wildman–Crippen LogP) is 3.60.